The third kappa shape index (κ3) is 2.89. The van der Waals surface area contributed by atoms with Crippen LogP contribution in [-0.2, 0) is 0 Å². The van der Waals surface area contributed by atoms with Crippen molar-refractivity contribution >= 4 is 35.5 Å². The highest BCUT2D eigenvalue weighted by Gasteiger charge is 1.60. The normalized spacial score (nSPS) is 7.25. The van der Waals surface area contributed by atoms with Crippen molar-refractivity contribution in [3.05, 3.63) is 0 Å². The van der Waals surface area contributed by atoms with Crippen LogP contribution in [0.25, 0.3) is 0 Å². The van der Waals surface area contributed by atoms with E-state index < -0.39 is 0 Å². The largest absolute Gasteiger partial charge is 0.295 e. The van der Waals surface area contributed by atoms with Crippen molar-refractivity contribution in [3.8, 4) is 0 Å². The van der Waals surface area contributed by atoms with E-state index in [9.17, 15) is 0 Å². The van der Waals surface area contributed by atoms with Gasteiger partial charge in [-0.2, -0.15) is 0 Å². The van der Waals surface area contributed by atoms with E-state index in [-0.39, 0.29) is 0 Å². The predicted molar refractivity (Wildman–Crippen MR) is 29.4 cm³/mol. The van der Waals surface area contributed by atoms with Crippen LogP contribution in [0.3, 0.4) is 0 Å². The van der Waals surface area contributed by atoms with E-state index in [1.807, 2.05) is 22.4 Å². The fourth-order valence-electron chi connectivity index (χ4n) is 0. The summed E-state index contributed by atoms with van der Waals surface area (Å²) >= 11 is 2.03. The molecule has 0 aliphatic rings. The zero-order valence-corrected chi connectivity index (χ0v) is 4.95. The third-order valence-corrected chi connectivity index (χ3v) is 0.982. The minimum atomic E-state index is 0.610. The Morgan fingerprint density at radius 1 is 2.00 bits per heavy atom. The van der Waals surface area contributed by atoms with Gasteiger partial charge in [0.15, 0.2) is 0 Å². The molecule has 0 saturated carbocycles. The van der Waals surface area contributed by atoms with Gasteiger partial charge in [0.05, 0.1) is 0 Å². The van der Waals surface area contributed by atoms with E-state index >= 15 is 0 Å². The maximum Gasteiger partial charge on any atom is 0.293 e. The van der Waals surface area contributed by atoms with Crippen molar-refractivity contribution in [2.24, 2.45) is 0 Å². The molecule has 0 unspecified atom stereocenters. The summed E-state index contributed by atoms with van der Waals surface area (Å²) in [5.74, 6) is 0. The zero-order chi connectivity index (χ0) is 3.41. The number of hydrogen-bond donors (Lipinski definition) is 1. The second-order valence-electron chi connectivity index (χ2n) is 0.227. The van der Waals surface area contributed by atoms with E-state index in [0.717, 1.165) is 0 Å². The highest BCUT2D eigenvalue weighted by molar-refractivity contribution is 14.1. The van der Waals surface area contributed by atoms with Gasteiger partial charge in [-0.3, -0.25) is 5.16 Å². The Morgan fingerprint density at radius 2 is 2.25 bits per heavy atom. The molecule has 0 aromatic carbocycles. The van der Waals surface area contributed by atoms with Crippen LogP contribution < -0.4 is 0 Å². The van der Waals surface area contributed by atoms with E-state index in [2.05, 4.69) is 0 Å². The van der Waals surface area contributed by atoms with Crippen LogP contribution in [0.15, 0.2) is 0 Å². The summed E-state index contributed by atoms with van der Waals surface area (Å²) in [6, 6.07) is 0. The van der Waals surface area contributed by atoms with Gasteiger partial charge < -0.3 is 0 Å². The first kappa shape index (κ1) is 4.89. The zero-order valence-electron chi connectivity index (χ0n) is 1.90. The molecule has 0 heterocycles. The Labute approximate surface area is 40.9 Å². The first-order valence-electron chi connectivity index (χ1n) is 0.700. The maximum absolute atomic E-state index is 6.36. The van der Waals surface area contributed by atoms with Crippen molar-refractivity contribution in [1.29, 1.82) is 5.16 Å². The van der Waals surface area contributed by atoms with Crippen LogP contribution in [0.1, 0.15) is 0 Å². The molecule has 0 spiro atoms. The van der Waals surface area contributed by atoms with E-state index in [0.29, 0.717) is 8.25 Å². The monoisotopic (exact) mass is 184 g/mol. The second-order valence-corrected chi connectivity index (χ2v) is 2.35. The molecule has 0 aromatic heterocycles. The molecule has 0 saturated heterocycles. The molecule has 0 aromatic rings. The van der Waals surface area contributed by atoms with Gasteiger partial charge in [-0.25, -0.2) is 0 Å². The Balaban J connectivity index is 2.30. The smallest absolute Gasteiger partial charge is 0.293 e. The van der Waals surface area contributed by atoms with Crippen LogP contribution in [0.4, 0.5) is 0 Å². The van der Waals surface area contributed by atoms with Crippen molar-refractivity contribution in [2.75, 3.05) is 0 Å². The minimum absolute atomic E-state index is 0.610. The molecule has 4 heavy (non-hydrogen) atoms. The Morgan fingerprint density at radius 3 is 2.25 bits per heavy atom. The van der Waals surface area contributed by atoms with Gasteiger partial charge in [0.25, 0.3) is 4.86 Å². The standard InChI is InChI=1S/BHINP/c2-1-4-3/h3H. The Kier molecular flexibility index (Phi) is 4.77. The van der Waals surface area contributed by atoms with Gasteiger partial charge >= 0.3 is 0 Å². The van der Waals surface area contributed by atoms with Crippen LogP contribution >= 0.6 is 30.6 Å². The average Bonchev–Trinajstić information content (AvgIpc) is 1.37. The molecule has 4 heteroatoms. The molecular formula is HBINP. The van der Waals surface area contributed by atoms with Gasteiger partial charge in [-0.1, -0.05) is 0 Å². The lowest BCUT2D eigenvalue weighted by atomic mass is 10.8. The minimum Gasteiger partial charge on any atom is -0.295 e. The molecule has 0 fully saturated rings. The number of hydrogen-bond acceptors (Lipinski definition) is 1. The summed E-state index contributed by atoms with van der Waals surface area (Å²) in [6.45, 7) is 0. The van der Waals surface area contributed by atoms with Gasteiger partial charge in [-0.15, -0.1) is 22.4 Å². The van der Waals surface area contributed by atoms with E-state index in [1.54, 1.807) is 4.86 Å². The highest BCUT2D eigenvalue weighted by Crippen LogP contribution is 1.90. The Hall–Kier alpha value is 0.895. The molecule has 0 bridgehead atoms. The molecule has 0 rings (SSSR count). The number of halogens is 1. The van der Waals surface area contributed by atoms with Gasteiger partial charge in [-0.05, 0) is 8.25 Å². The van der Waals surface area contributed by atoms with Crippen LogP contribution in [0.5, 0.6) is 0 Å². The van der Waals surface area contributed by atoms with Crippen molar-refractivity contribution in [2.45, 2.75) is 0 Å². The average molecular weight is 184 g/mol. The summed E-state index contributed by atoms with van der Waals surface area (Å²) in [5.41, 5.74) is 0. The summed E-state index contributed by atoms with van der Waals surface area (Å²) in [6.07, 6.45) is 0. The number of nitrogens with one attached hydrogen (secondary N) is 1. The summed E-state index contributed by atoms with van der Waals surface area (Å²) in [5, 5.41) is 6.36. The fourth-order valence-corrected chi connectivity index (χ4v) is 0. The van der Waals surface area contributed by atoms with Gasteiger partial charge in [0, 0.05) is 0 Å². The first-order valence-corrected chi connectivity index (χ1v) is 2.91. The quantitative estimate of drug-likeness (QED) is 0.363. The summed E-state index contributed by atoms with van der Waals surface area (Å²) in [7, 11) is 0.610. The molecule has 1 radical (unpaired) electrons. The maximum atomic E-state index is 6.36. The lowest BCUT2D eigenvalue weighted by molar-refractivity contribution is 1.66. The molecule has 0 atom stereocenters. The van der Waals surface area contributed by atoms with Gasteiger partial charge in [0.1, 0.15) is 0 Å². The molecule has 1 N–H and O–H groups in total. The summed E-state index contributed by atoms with van der Waals surface area (Å²) in [4.78, 5) is 1.73. The lowest BCUT2D eigenvalue weighted by Gasteiger charge is -1.47. The van der Waals surface area contributed by atoms with Crippen molar-refractivity contribution in [3.63, 3.8) is 0 Å². The highest BCUT2D eigenvalue weighted by atomic mass is 127. The summed E-state index contributed by atoms with van der Waals surface area (Å²) < 4.78 is 0. The topological polar surface area (TPSA) is 23.9 Å². The van der Waals surface area contributed by atoms with E-state index in [1.165, 1.54) is 0 Å². The van der Waals surface area contributed by atoms with Crippen LogP contribution in [-0.4, -0.2) is 4.86 Å². The Bertz CT molecular complexity index is 22.0. The van der Waals surface area contributed by atoms with Crippen molar-refractivity contribution < 1.29 is 0 Å². The fraction of sp³-hybridized carbons (Fsp3) is 0. The molecule has 1 nitrogen and oxygen atoms in total. The molecule has 0 aliphatic carbocycles. The molecular weight excluding hydrogens is 183 g/mol. The molecule has 21 valence electrons. The van der Waals surface area contributed by atoms with Crippen LogP contribution in [0.2, 0.25) is 0 Å². The second kappa shape index (κ2) is 3.89. The first-order chi connectivity index (χ1) is 1.91. The molecule has 0 amide bonds. The lowest BCUT2D eigenvalue weighted by Crippen LogP contribution is -1.36. The van der Waals surface area contributed by atoms with E-state index in [4.69, 9.17) is 5.16 Å². The predicted octanol–water partition coefficient (Wildman–Crippen LogP) is 1.66. The SMILES string of the molecule is N=P[B]I. The molecule has 0 aliphatic heterocycles. The van der Waals surface area contributed by atoms with Crippen LogP contribution in [0, 0.1) is 5.16 Å². The third-order valence-electron chi connectivity index (χ3n) is 0.0488. The van der Waals surface area contributed by atoms with Crippen molar-refractivity contribution in [1.82, 2.24) is 0 Å². The number of rotatable bonds is 1. The van der Waals surface area contributed by atoms with Gasteiger partial charge in [0.2, 0.25) is 0 Å².